The van der Waals surface area contributed by atoms with Gasteiger partial charge in [0.1, 0.15) is 0 Å². The largest absolute Gasteiger partial charge is 0.0856 e. The molecule has 0 aromatic heterocycles. The molecule has 0 aliphatic rings. The average Bonchev–Trinajstić information content (AvgIpc) is 2.64. The molecule has 0 fully saturated rings. The second-order valence-electron chi connectivity index (χ2n) is 8.59. The van der Waals surface area contributed by atoms with E-state index in [9.17, 15) is 0 Å². The van der Waals surface area contributed by atoms with Crippen LogP contribution in [0.2, 0.25) is 0 Å². The SMILES string of the molecule is CC(C)=CC=CC(C)=CC=CC(C)=CC=CC=C(C)CCC=C(C)CCC=C(C)C. The van der Waals surface area contributed by atoms with Gasteiger partial charge < -0.3 is 0 Å². The van der Waals surface area contributed by atoms with E-state index in [0.717, 1.165) is 19.3 Å². The van der Waals surface area contributed by atoms with Crippen LogP contribution < -0.4 is 0 Å². The van der Waals surface area contributed by atoms with Crippen molar-refractivity contribution in [3.05, 3.63) is 106 Å². The molecule has 0 bridgehead atoms. The van der Waals surface area contributed by atoms with Crippen molar-refractivity contribution in [3.8, 4) is 0 Å². The summed E-state index contributed by atoms with van der Waals surface area (Å²) >= 11 is 0. The van der Waals surface area contributed by atoms with Gasteiger partial charge in [-0.3, -0.25) is 0 Å². The summed E-state index contributed by atoms with van der Waals surface area (Å²) in [6, 6.07) is 0. The lowest BCUT2D eigenvalue weighted by Gasteiger charge is -2.00. The first-order valence-electron chi connectivity index (χ1n) is 11.2. The van der Waals surface area contributed by atoms with Crippen LogP contribution in [0.4, 0.5) is 0 Å². The molecule has 0 N–H and O–H groups in total. The van der Waals surface area contributed by atoms with Crippen molar-refractivity contribution in [2.45, 2.75) is 81.1 Å². The van der Waals surface area contributed by atoms with Crippen LogP contribution in [0.15, 0.2) is 106 Å². The van der Waals surface area contributed by atoms with Crippen LogP contribution in [0.1, 0.15) is 81.1 Å². The van der Waals surface area contributed by atoms with E-state index in [1.165, 1.54) is 39.9 Å². The Morgan fingerprint density at radius 2 is 0.967 bits per heavy atom. The second kappa shape index (κ2) is 17.5. The van der Waals surface area contributed by atoms with E-state index in [1.54, 1.807) is 0 Å². The summed E-state index contributed by atoms with van der Waals surface area (Å²) in [5.41, 5.74) is 8.12. The van der Waals surface area contributed by atoms with Crippen molar-refractivity contribution >= 4 is 0 Å². The summed E-state index contributed by atoms with van der Waals surface area (Å²) < 4.78 is 0. The zero-order valence-corrected chi connectivity index (χ0v) is 20.8. The van der Waals surface area contributed by atoms with E-state index < -0.39 is 0 Å². The van der Waals surface area contributed by atoms with E-state index in [4.69, 9.17) is 0 Å². The highest BCUT2D eigenvalue weighted by atomic mass is 14.0. The number of hydrogen-bond donors (Lipinski definition) is 0. The van der Waals surface area contributed by atoms with Crippen LogP contribution in [0.25, 0.3) is 0 Å². The molecule has 0 aromatic rings. The van der Waals surface area contributed by atoms with Gasteiger partial charge in [-0.1, -0.05) is 106 Å². The van der Waals surface area contributed by atoms with Crippen molar-refractivity contribution < 1.29 is 0 Å². The van der Waals surface area contributed by atoms with Gasteiger partial charge in [0.15, 0.2) is 0 Å². The van der Waals surface area contributed by atoms with E-state index in [2.05, 4.69) is 128 Å². The third kappa shape index (κ3) is 19.0. The predicted octanol–water partition coefficient (Wildman–Crippen LogP) is 9.93. The highest BCUT2D eigenvalue weighted by molar-refractivity contribution is 5.30. The minimum absolute atomic E-state index is 1.12. The molecule has 0 saturated heterocycles. The van der Waals surface area contributed by atoms with E-state index in [1.807, 2.05) is 0 Å². The molecule has 0 aliphatic heterocycles. The molecule has 0 radical (unpaired) electrons. The Kier molecular flexibility index (Phi) is 16.1. The monoisotopic (exact) mass is 404 g/mol. The Hall–Kier alpha value is -2.34. The molecule has 0 saturated carbocycles. The first kappa shape index (κ1) is 27.7. The van der Waals surface area contributed by atoms with E-state index in [-0.39, 0.29) is 0 Å². The van der Waals surface area contributed by atoms with Gasteiger partial charge in [-0.25, -0.2) is 0 Å². The zero-order valence-electron chi connectivity index (χ0n) is 20.8. The fourth-order valence-corrected chi connectivity index (χ4v) is 2.60. The molecule has 0 heteroatoms. The Balaban J connectivity index is 4.43. The molecule has 0 atom stereocenters. The molecule has 0 unspecified atom stereocenters. The summed E-state index contributed by atoms with van der Waals surface area (Å²) in [6.45, 7) is 17.2. The molecule has 30 heavy (non-hydrogen) atoms. The Bertz CT molecular complexity index is 757. The quantitative estimate of drug-likeness (QED) is 0.224. The number of rotatable bonds is 12. The van der Waals surface area contributed by atoms with Crippen molar-refractivity contribution in [2.24, 2.45) is 0 Å². The summed E-state index contributed by atoms with van der Waals surface area (Å²) in [5, 5.41) is 0. The summed E-state index contributed by atoms with van der Waals surface area (Å²) in [6.07, 6.45) is 30.6. The van der Waals surface area contributed by atoms with Crippen LogP contribution in [-0.2, 0) is 0 Å². The molecule has 0 nitrogen and oxygen atoms in total. The summed E-state index contributed by atoms with van der Waals surface area (Å²) in [5.74, 6) is 0. The third-order valence-corrected chi connectivity index (χ3v) is 4.48. The molecule has 0 aliphatic carbocycles. The minimum atomic E-state index is 1.12. The molecular formula is C30H44. The van der Waals surface area contributed by atoms with E-state index >= 15 is 0 Å². The minimum Gasteiger partial charge on any atom is -0.0856 e. The van der Waals surface area contributed by atoms with Gasteiger partial charge in [0.25, 0.3) is 0 Å². The van der Waals surface area contributed by atoms with Crippen LogP contribution in [-0.4, -0.2) is 0 Å². The second-order valence-corrected chi connectivity index (χ2v) is 8.59. The fraction of sp³-hybridized carbons (Fsp3) is 0.400. The smallest absolute Gasteiger partial charge is 0.0285 e. The lowest BCUT2D eigenvalue weighted by Crippen LogP contribution is -1.80. The van der Waals surface area contributed by atoms with Crippen LogP contribution in [0, 0.1) is 0 Å². The highest BCUT2D eigenvalue weighted by Crippen LogP contribution is 2.11. The molecule has 0 heterocycles. The van der Waals surface area contributed by atoms with Crippen molar-refractivity contribution in [3.63, 3.8) is 0 Å². The summed E-state index contributed by atoms with van der Waals surface area (Å²) in [7, 11) is 0. The van der Waals surface area contributed by atoms with Crippen molar-refractivity contribution in [1.82, 2.24) is 0 Å². The zero-order chi connectivity index (χ0) is 22.8. The Labute approximate surface area is 187 Å². The standard InChI is InChI=1S/C30H44/c1-25(2)15-11-19-29(7)23-13-21-27(5)17-9-10-18-28(6)22-14-24-30(8)20-12-16-26(3)4/h9-11,13,15-19,21,23-24H,12,14,20,22H2,1-8H3. The maximum Gasteiger partial charge on any atom is -0.0285 e. The van der Waals surface area contributed by atoms with Gasteiger partial charge in [0.05, 0.1) is 0 Å². The topological polar surface area (TPSA) is 0 Å². The number of allylic oxidation sites excluding steroid dienone is 18. The average molecular weight is 405 g/mol. The fourth-order valence-electron chi connectivity index (χ4n) is 2.60. The van der Waals surface area contributed by atoms with E-state index in [0.29, 0.717) is 0 Å². The maximum absolute atomic E-state index is 2.39. The van der Waals surface area contributed by atoms with Crippen LogP contribution >= 0.6 is 0 Å². The van der Waals surface area contributed by atoms with Crippen molar-refractivity contribution in [1.29, 1.82) is 0 Å². The molecule has 0 aromatic carbocycles. The van der Waals surface area contributed by atoms with Gasteiger partial charge in [-0.2, -0.15) is 0 Å². The van der Waals surface area contributed by atoms with Gasteiger partial charge in [0, 0.05) is 0 Å². The lowest BCUT2D eigenvalue weighted by atomic mass is 10.1. The molecular weight excluding hydrogens is 360 g/mol. The van der Waals surface area contributed by atoms with Gasteiger partial charge in [-0.05, 0) is 81.1 Å². The summed E-state index contributed by atoms with van der Waals surface area (Å²) in [4.78, 5) is 0. The van der Waals surface area contributed by atoms with Gasteiger partial charge >= 0.3 is 0 Å². The number of hydrogen-bond acceptors (Lipinski definition) is 0. The van der Waals surface area contributed by atoms with Crippen molar-refractivity contribution in [2.75, 3.05) is 0 Å². The Morgan fingerprint density at radius 1 is 0.467 bits per heavy atom. The van der Waals surface area contributed by atoms with Crippen LogP contribution in [0.3, 0.4) is 0 Å². The lowest BCUT2D eigenvalue weighted by molar-refractivity contribution is 0.918. The molecule has 164 valence electrons. The third-order valence-electron chi connectivity index (χ3n) is 4.48. The van der Waals surface area contributed by atoms with Gasteiger partial charge in [-0.15, -0.1) is 0 Å². The van der Waals surface area contributed by atoms with Crippen LogP contribution in [0.5, 0.6) is 0 Å². The Morgan fingerprint density at radius 3 is 1.57 bits per heavy atom. The first-order valence-corrected chi connectivity index (χ1v) is 11.2. The maximum atomic E-state index is 2.39. The van der Waals surface area contributed by atoms with Gasteiger partial charge in [0.2, 0.25) is 0 Å². The molecule has 0 rings (SSSR count). The molecule has 0 spiro atoms. The molecule has 0 amide bonds. The normalized spacial score (nSPS) is 14.3. The predicted molar refractivity (Wildman–Crippen MR) is 140 cm³/mol. The first-order chi connectivity index (χ1) is 14.2. The highest BCUT2D eigenvalue weighted by Gasteiger charge is 1.91.